The van der Waals surface area contributed by atoms with Crippen LogP contribution >= 0.6 is 12.4 Å². The minimum absolute atomic E-state index is 0. The van der Waals surface area contributed by atoms with E-state index >= 15 is 0 Å². The van der Waals surface area contributed by atoms with Gasteiger partial charge in [-0.15, -0.1) is 12.4 Å². The van der Waals surface area contributed by atoms with Crippen molar-refractivity contribution in [3.8, 4) is 0 Å². The number of hydrogen-bond acceptors (Lipinski definition) is 5. The topological polar surface area (TPSA) is 69.6 Å². The molecule has 3 rings (SSSR count). The largest absolute Gasteiger partial charge is 0.478 e. The Balaban J connectivity index is 0.00000192. The molecule has 0 amide bonds. The molecule has 23 heavy (non-hydrogen) atoms. The number of anilines is 1. The maximum Gasteiger partial charge on any atom is 0.336 e. The van der Waals surface area contributed by atoms with Gasteiger partial charge in [0.1, 0.15) is 12.1 Å². The third kappa shape index (κ3) is 3.38. The predicted octanol–water partition coefficient (Wildman–Crippen LogP) is 2.28. The normalized spacial score (nSPS) is 16.1. The lowest BCUT2D eigenvalue weighted by Gasteiger charge is -2.36. The van der Waals surface area contributed by atoms with Gasteiger partial charge in [0.15, 0.2) is 0 Å². The zero-order chi connectivity index (χ0) is 15.7. The second kappa shape index (κ2) is 7.10. The van der Waals surface area contributed by atoms with Crippen LogP contribution in [0.25, 0.3) is 10.9 Å². The molecule has 0 saturated carbocycles. The summed E-state index contributed by atoms with van der Waals surface area (Å²) in [5.41, 5.74) is 0.928. The average Bonchev–Trinajstić information content (AvgIpc) is 2.53. The number of likely N-dealkylation sites (tertiary alicyclic amines) is 1. The van der Waals surface area contributed by atoms with Gasteiger partial charge in [-0.3, -0.25) is 0 Å². The Bertz CT molecular complexity index is 696. The third-order valence-electron chi connectivity index (χ3n) is 4.44. The van der Waals surface area contributed by atoms with Crippen molar-refractivity contribution in [3.05, 3.63) is 30.1 Å². The molecule has 7 heteroatoms. The number of nitrogens with zero attached hydrogens (tertiary/aromatic N) is 4. The first-order chi connectivity index (χ1) is 10.6. The van der Waals surface area contributed by atoms with Crippen molar-refractivity contribution in [2.45, 2.75) is 18.9 Å². The van der Waals surface area contributed by atoms with Crippen molar-refractivity contribution in [2.75, 3.05) is 32.1 Å². The molecule has 0 radical (unpaired) electrons. The fourth-order valence-electron chi connectivity index (χ4n) is 3.09. The van der Waals surface area contributed by atoms with Crippen molar-refractivity contribution in [3.63, 3.8) is 0 Å². The van der Waals surface area contributed by atoms with Crippen LogP contribution in [0.4, 0.5) is 5.82 Å². The first-order valence-electron chi connectivity index (χ1n) is 7.46. The molecule has 124 valence electrons. The van der Waals surface area contributed by atoms with Gasteiger partial charge < -0.3 is 14.9 Å². The van der Waals surface area contributed by atoms with Crippen LogP contribution in [-0.4, -0.2) is 59.2 Å². The smallest absolute Gasteiger partial charge is 0.336 e. The molecule has 0 atom stereocenters. The second-order valence-electron chi connectivity index (χ2n) is 5.85. The van der Waals surface area contributed by atoms with Gasteiger partial charge in [-0.2, -0.15) is 0 Å². The highest BCUT2D eigenvalue weighted by molar-refractivity contribution is 6.07. The van der Waals surface area contributed by atoms with Gasteiger partial charge in [0.05, 0.1) is 16.5 Å². The summed E-state index contributed by atoms with van der Waals surface area (Å²) in [4.78, 5) is 24.6. The number of carboxylic acids is 1. The lowest BCUT2D eigenvalue weighted by molar-refractivity contribution is 0.0699. The molecule has 0 aliphatic carbocycles. The summed E-state index contributed by atoms with van der Waals surface area (Å²) in [6, 6.07) is 5.53. The molecule has 1 saturated heterocycles. The number of benzene rings is 1. The van der Waals surface area contributed by atoms with Crippen LogP contribution in [0.2, 0.25) is 0 Å². The lowest BCUT2D eigenvalue weighted by Crippen LogP contribution is -2.42. The molecule has 0 spiro atoms. The van der Waals surface area contributed by atoms with E-state index in [1.165, 1.54) is 6.33 Å². The highest BCUT2D eigenvalue weighted by Gasteiger charge is 2.24. The van der Waals surface area contributed by atoms with E-state index in [-0.39, 0.29) is 18.0 Å². The number of piperidine rings is 1. The monoisotopic (exact) mass is 336 g/mol. The molecule has 0 unspecified atom stereocenters. The van der Waals surface area contributed by atoms with E-state index in [4.69, 9.17) is 0 Å². The van der Waals surface area contributed by atoms with Crippen molar-refractivity contribution in [1.82, 2.24) is 14.9 Å². The summed E-state index contributed by atoms with van der Waals surface area (Å²) in [6.07, 6.45) is 3.61. The van der Waals surface area contributed by atoms with Crippen LogP contribution in [0.15, 0.2) is 24.5 Å². The summed E-state index contributed by atoms with van der Waals surface area (Å²) in [6.45, 7) is 2.09. The zero-order valence-electron chi connectivity index (χ0n) is 13.3. The van der Waals surface area contributed by atoms with Gasteiger partial charge >= 0.3 is 5.97 Å². The van der Waals surface area contributed by atoms with Gasteiger partial charge in [0.25, 0.3) is 0 Å². The van der Waals surface area contributed by atoms with Crippen molar-refractivity contribution >= 4 is 35.1 Å². The Morgan fingerprint density at radius 3 is 2.65 bits per heavy atom. The van der Waals surface area contributed by atoms with E-state index in [0.29, 0.717) is 22.8 Å². The van der Waals surface area contributed by atoms with E-state index in [1.807, 2.05) is 13.1 Å². The van der Waals surface area contributed by atoms with Crippen LogP contribution in [-0.2, 0) is 0 Å². The summed E-state index contributed by atoms with van der Waals surface area (Å²) < 4.78 is 0. The molecule has 1 fully saturated rings. The van der Waals surface area contributed by atoms with Gasteiger partial charge in [-0.25, -0.2) is 14.8 Å². The van der Waals surface area contributed by atoms with Crippen LogP contribution in [0.1, 0.15) is 23.2 Å². The Labute approximate surface area is 141 Å². The molecule has 6 nitrogen and oxygen atoms in total. The second-order valence-corrected chi connectivity index (χ2v) is 5.85. The molecule has 1 aliphatic rings. The van der Waals surface area contributed by atoms with E-state index < -0.39 is 5.97 Å². The summed E-state index contributed by atoms with van der Waals surface area (Å²) in [5.74, 6) is -0.240. The Kier molecular flexibility index (Phi) is 5.38. The third-order valence-corrected chi connectivity index (χ3v) is 4.44. The summed E-state index contributed by atoms with van der Waals surface area (Å²) in [5, 5.41) is 10.1. The molecular formula is C16H21ClN4O2. The van der Waals surface area contributed by atoms with Gasteiger partial charge in [0, 0.05) is 13.1 Å². The number of carbonyl (C=O) groups is 1. The molecule has 1 aromatic carbocycles. The maximum absolute atomic E-state index is 11.5. The minimum atomic E-state index is -0.946. The van der Waals surface area contributed by atoms with Gasteiger partial charge in [0.2, 0.25) is 0 Å². The number of aromatic carboxylic acids is 1. The lowest BCUT2D eigenvalue weighted by atomic mass is 10.0. The highest BCUT2D eigenvalue weighted by atomic mass is 35.5. The van der Waals surface area contributed by atoms with E-state index in [0.717, 1.165) is 25.9 Å². The Morgan fingerprint density at radius 2 is 2.00 bits per heavy atom. The first kappa shape index (κ1) is 17.4. The fraction of sp³-hybridized carbons (Fsp3) is 0.438. The molecule has 2 heterocycles. The first-order valence-corrected chi connectivity index (χ1v) is 7.46. The molecule has 0 bridgehead atoms. The molecule has 1 N–H and O–H groups in total. The number of halogens is 1. The molecule has 1 aliphatic heterocycles. The maximum atomic E-state index is 11.5. The van der Waals surface area contributed by atoms with Crippen LogP contribution in [0.3, 0.4) is 0 Å². The quantitative estimate of drug-likeness (QED) is 0.927. The average molecular weight is 337 g/mol. The van der Waals surface area contributed by atoms with Crippen molar-refractivity contribution in [1.29, 1.82) is 0 Å². The van der Waals surface area contributed by atoms with Crippen LogP contribution in [0.5, 0.6) is 0 Å². The minimum Gasteiger partial charge on any atom is -0.478 e. The van der Waals surface area contributed by atoms with E-state index in [9.17, 15) is 9.90 Å². The number of hydrogen-bond donors (Lipinski definition) is 1. The SMILES string of the molecule is CN1CCC(N(C)c2ncnc3cccc(C(=O)O)c23)CC1.Cl. The Hall–Kier alpha value is -1.92. The molecule has 1 aromatic heterocycles. The number of rotatable bonds is 3. The predicted molar refractivity (Wildman–Crippen MR) is 92.7 cm³/mol. The zero-order valence-corrected chi connectivity index (χ0v) is 14.1. The number of aromatic nitrogens is 2. The van der Waals surface area contributed by atoms with Gasteiger partial charge in [-0.1, -0.05) is 6.07 Å². The summed E-state index contributed by atoms with van der Waals surface area (Å²) in [7, 11) is 4.12. The fourth-order valence-corrected chi connectivity index (χ4v) is 3.09. The Morgan fingerprint density at radius 1 is 1.30 bits per heavy atom. The molecule has 2 aromatic rings. The summed E-state index contributed by atoms with van der Waals surface area (Å²) >= 11 is 0. The molecular weight excluding hydrogens is 316 g/mol. The number of fused-ring (bicyclic) bond motifs is 1. The van der Waals surface area contributed by atoms with Crippen molar-refractivity contribution < 1.29 is 9.90 Å². The van der Waals surface area contributed by atoms with Crippen molar-refractivity contribution in [2.24, 2.45) is 0 Å². The number of carboxylic acid groups (broad SMARTS) is 1. The van der Waals surface area contributed by atoms with Crippen LogP contribution < -0.4 is 4.90 Å². The van der Waals surface area contributed by atoms with Gasteiger partial charge in [-0.05, 0) is 45.1 Å². The van der Waals surface area contributed by atoms with E-state index in [2.05, 4.69) is 26.8 Å². The highest BCUT2D eigenvalue weighted by Crippen LogP contribution is 2.29. The van der Waals surface area contributed by atoms with E-state index in [1.54, 1.807) is 12.1 Å². The standard InChI is InChI=1S/C16H20N4O2.ClH/c1-19-8-6-11(7-9-19)20(2)15-14-12(16(21)22)4-3-5-13(14)17-10-18-15;/h3-5,10-11H,6-9H2,1-2H3,(H,21,22);1H. The van der Waals surface area contributed by atoms with Crippen LogP contribution in [0, 0.1) is 0 Å².